The standard InChI is InChI=1S/C46H70N16O23.10CH4/c1-31(49-37(65)5-11-61-43(71)55-56-44(61)72)82-23-21-80-29-34(30-81-22-24-83-32(2)50-38(66)6-12-62-45(73)57-58-46(62)74)85-26-20-77-19-25-84-33(27-78-17-15-75-13-7-47-35(63)3-9-59-39(67)51-52-40(59)68)28-79-18-16-76-14-8-48-36(64)4-10-60-41(69)53-54-42(60)70;;;;;;;;;;/h31-34H,3-30H2,1-2H3,(H,47,63)(H,48,64)(H,49,65)(H,50,66);10*1H4. The number of hydrogen-bond acceptors (Lipinski definition) is 23. The predicted molar refractivity (Wildman–Crippen MR) is 344 cm³/mol. The van der Waals surface area contributed by atoms with Crippen LogP contribution in [-0.4, -0.2) is 274 Å². The molecule has 4 aliphatic rings. The number of nitrogens with one attached hydrogen (secondary N) is 4. The number of nitrogens with zero attached hydrogens (tertiary/aromatic N) is 12. The van der Waals surface area contributed by atoms with Crippen LogP contribution in [0.1, 0.15) is 114 Å². The van der Waals surface area contributed by atoms with Crippen LogP contribution in [0.2, 0.25) is 0 Å². The molecule has 2 atom stereocenters. The van der Waals surface area contributed by atoms with E-state index in [4.69, 9.17) is 52.1 Å². The van der Waals surface area contributed by atoms with Gasteiger partial charge in [0.25, 0.3) is 0 Å². The van der Waals surface area contributed by atoms with Crippen LogP contribution in [0.4, 0.5) is 38.4 Å². The van der Waals surface area contributed by atoms with Crippen molar-refractivity contribution in [1.29, 1.82) is 0 Å². The normalized spacial score (nSPS) is 14.2. The van der Waals surface area contributed by atoms with Crippen LogP contribution < -0.4 is 21.3 Å². The topological polar surface area (TPSA) is 466 Å². The lowest BCUT2D eigenvalue weighted by Crippen LogP contribution is -2.38. The quantitative estimate of drug-likeness (QED) is 0.0351. The first-order chi connectivity index (χ1) is 41.0. The Labute approximate surface area is 558 Å². The molecule has 2 unspecified atom stereocenters. The van der Waals surface area contributed by atoms with Crippen LogP contribution in [0.3, 0.4) is 0 Å². The number of carbonyl (C=O) groups is 12. The molecule has 0 aromatic carbocycles. The number of urea groups is 8. The number of ether oxygens (including phenoxy) is 11. The van der Waals surface area contributed by atoms with E-state index in [1.165, 1.54) is 0 Å². The summed E-state index contributed by atoms with van der Waals surface area (Å²) >= 11 is 0. The van der Waals surface area contributed by atoms with Gasteiger partial charge in [-0.05, 0) is 13.8 Å². The molecule has 95 heavy (non-hydrogen) atoms. The molecule has 0 saturated carbocycles. The Kier molecular flexibility index (Phi) is 62.6. The first-order valence-electron chi connectivity index (χ1n) is 26.7. The van der Waals surface area contributed by atoms with Gasteiger partial charge in [-0.1, -0.05) is 115 Å². The van der Waals surface area contributed by atoms with Gasteiger partial charge in [0.1, 0.15) is 24.7 Å². The molecule has 552 valence electrons. The van der Waals surface area contributed by atoms with Crippen molar-refractivity contribution in [2.75, 3.05) is 158 Å². The van der Waals surface area contributed by atoms with Gasteiger partial charge in [0.15, 0.2) is 0 Å². The minimum atomic E-state index is -0.849. The number of rotatable bonds is 50. The van der Waals surface area contributed by atoms with Crippen molar-refractivity contribution in [2.24, 2.45) is 40.9 Å². The molecule has 0 aromatic rings. The van der Waals surface area contributed by atoms with Gasteiger partial charge >= 0.3 is 48.2 Å². The van der Waals surface area contributed by atoms with E-state index < -0.39 is 96.5 Å². The summed E-state index contributed by atoms with van der Waals surface area (Å²) in [5, 5.41) is 35.5. The Bertz CT molecular complexity index is 2170. The van der Waals surface area contributed by atoms with Crippen molar-refractivity contribution in [3.8, 4) is 0 Å². The average molecular weight is 1380 g/mol. The Morgan fingerprint density at radius 1 is 0.305 bits per heavy atom. The van der Waals surface area contributed by atoms with Crippen molar-refractivity contribution >= 4 is 71.9 Å². The second kappa shape index (κ2) is 58.9. The molecule has 0 fully saturated rings. The van der Waals surface area contributed by atoms with Gasteiger partial charge < -0.3 is 73.4 Å². The Balaban J connectivity index is -0.00000155. The number of imide groups is 4. The number of hydrogen-bond donors (Lipinski definition) is 4. The van der Waals surface area contributed by atoms with Crippen LogP contribution in [-0.2, 0) is 71.3 Å². The maximum absolute atomic E-state index is 12.3. The summed E-state index contributed by atoms with van der Waals surface area (Å²) in [5.41, 5.74) is 0. The van der Waals surface area contributed by atoms with E-state index in [0.717, 1.165) is 19.6 Å². The Morgan fingerprint density at radius 2 is 0.516 bits per heavy atom. The fraction of sp³-hybridized carbons (Fsp3) is 0.786. The Hall–Kier alpha value is -7.60. The molecule has 0 aliphatic carbocycles. The molecular weight excluding hydrogens is 1260 g/mol. The average Bonchev–Trinajstić information content (AvgIpc) is 1.80. The summed E-state index contributed by atoms with van der Waals surface area (Å²) in [6, 6.07) is -6.71. The van der Waals surface area contributed by atoms with Crippen molar-refractivity contribution in [3.05, 3.63) is 0 Å². The molecule has 4 aliphatic heterocycles. The second-order valence-corrected chi connectivity index (χ2v) is 17.7. The molecule has 0 spiro atoms. The summed E-state index contributed by atoms with van der Waals surface area (Å²) in [6.45, 7) is 4.84. The van der Waals surface area contributed by atoms with E-state index in [0.29, 0.717) is 0 Å². The van der Waals surface area contributed by atoms with Crippen molar-refractivity contribution in [1.82, 2.24) is 40.9 Å². The smallest absolute Gasteiger partial charge is 0.370 e. The lowest BCUT2D eigenvalue weighted by Gasteiger charge is -2.20. The molecule has 20 amide bonds. The fourth-order valence-corrected chi connectivity index (χ4v) is 6.91. The summed E-state index contributed by atoms with van der Waals surface area (Å²) < 4.78 is 63.0. The van der Waals surface area contributed by atoms with Crippen LogP contribution in [0.15, 0.2) is 40.9 Å². The van der Waals surface area contributed by atoms with E-state index in [9.17, 15) is 57.5 Å². The highest BCUT2D eigenvalue weighted by atomic mass is 16.6. The SMILES string of the molecule is C.C.C.C.C.C.C.C.C.C.CC(NC(=O)CCN1C(=O)N=NC1=O)OCCOCC(COCCOC(C)NC(=O)CCN1C(=O)N=NC1=O)OCCOCCOC(COCCOCCNC(=O)CCN1C(=O)N=NC1=O)COCCOCCNC(=O)CCN1C(=O)N=NC1=O. The van der Waals surface area contributed by atoms with E-state index in [2.05, 4.69) is 62.2 Å². The molecule has 0 aromatic heterocycles. The molecule has 0 saturated heterocycles. The number of amides is 20. The summed E-state index contributed by atoms with van der Waals surface area (Å²) in [4.78, 5) is 144. The van der Waals surface area contributed by atoms with E-state index in [1.807, 2.05) is 0 Å². The summed E-state index contributed by atoms with van der Waals surface area (Å²) in [5.74, 6) is -1.77. The largest absolute Gasteiger partial charge is 0.377 e. The summed E-state index contributed by atoms with van der Waals surface area (Å²) in [7, 11) is 0. The van der Waals surface area contributed by atoms with Crippen LogP contribution in [0, 0.1) is 0 Å². The van der Waals surface area contributed by atoms with E-state index in [-0.39, 0.29) is 258 Å². The zero-order valence-electron chi connectivity index (χ0n) is 46.9. The van der Waals surface area contributed by atoms with Crippen LogP contribution >= 0.6 is 0 Å². The molecule has 0 bridgehead atoms. The van der Waals surface area contributed by atoms with Gasteiger partial charge in [-0.15, -0.1) is 0 Å². The zero-order chi connectivity index (χ0) is 61.6. The first kappa shape index (κ1) is 101. The van der Waals surface area contributed by atoms with E-state index in [1.54, 1.807) is 13.8 Å². The molecule has 0 radical (unpaired) electrons. The molecule has 4 N–H and O–H groups in total. The number of azo groups is 4. The zero-order valence-corrected chi connectivity index (χ0v) is 46.9. The third-order valence-corrected chi connectivity index (χ3v) is 11.2. The molecule has 39 heteroatoms. The Morgan fingerprint density at radius 3 is 0.789 bits per heavy atom. The van der Waals surface area contributed by atoms with Gasteiger partial charge in [-0.2, -0.15) is 0 Å². The third-order valence-electron chi connectivity index (χ3n) is 11.2. The van der Waals surface area contributed by atoms with Crippen molar-refractivity contribution < 1.29 is 110 Å². The van der Waals surface area contributed by atoms with Gasteiger partial charge in [0.05, 0.1) is 119 Å². The lowest BCUT2D eigenvalue weighted by atomic mass is 10.3. The highest BCUT2D eigenvalue weighted by molar-refractivity contribution is 6.00. The monoisotopic (exact) mass is 1370 g/mol. The molecular formula is C56H110N16O23. The molecule has 4 heterocycles. The van der Waals surface area contributed by atoms with Crippen LogP contribution in [0.5, 0.6) is 0 Å². The lowest BCUT2D eigenvalue weighted by molar-refractivity contribution is -0.126. The first-order valence-corrected chi connectivity index (χ1v) is 26.7. The third kappa shape index (κ3) is 42.5. The van der Waals surface area contributed by atoms with Crippen molar-refractivity contribution in [2.45, 2.75) is 138 Å². The van der Waals surface area contributed by atoms with Crippen molar-refractivity contribution in [3.63, 3.8) is 0 Å². The highest BCUT2D eigenvalue weighted by Gasteiger charge is 2.31. The fourth-order valence-electron chi connectivity index (χ4n) is 6.91. The van der Waals surface area contributed by atoms with Gasteiger partial charge in [0.2, 0.25) is 23.6 Å². The summed E-state index contributed by atoms with van der Waals surface area (Å²) in [6.07, 6.45) is -3.29. The highest BCUT2D eigenvalue weighted by Crippen LogP contribution is 2.11. The second-order valence-electron chi connectivity index (χ2n) is 17.7. The minimum Gasteiger partial charge on any atom is -0.377 e. The maximum atomic E-state index is 12.3. The van der Waals surface area contributed by atoms with Gasteiger partial charge in [0, 0.05) is 65.0 Å². The molecule has 39 nitrogen and oxygen atoms in total. The number of carbonyl (C=O) groups excluding carboxylic acids is 12. The van der Waals surface area contributed by atoms with Gasteiger partial charge in [-0.3, -0.25) is 19.2 Å². The van der Waals surface area contributed by atoms with Gasteiger partial charge in [-0.25, -0.2) is 58.0 Å². The maximum Gasteiger partial charge on any atom is 0.370 e. The minimum absolute atomic E-state index is 0. The molecule has 4 rings (SSSR count). The predicted octanol–water partition coefficient (Wildman–Crippen LogP) is 7.02. The van der Waals surface area contributed by atoms with E-state index >= 15 is 0 Å². The van der Waals surface area contributed by atoms with Crippen LogP contribution in [0.25, 0.3) is 0 Å².